The molecule has 1 amide bonds. The van der Waals surface area contributed by atoms with E-state index in [1.807, 2.05) is 19.1 Å². The second kappa shape index (κ2) is 7.47. The number of rotatable bonds is 4. The van der Waals surface area contributed by atoms with Gasteiger partial charge in [-0.2, -0.15) is 5.01 Å². The van der Waals surface area contributed by atoms with Crippen molar-refractivity contribution in [3.8, 4) is 5.75 Å². The molecule has 1 atom stereocenters. The van der Waals surface area contributed by atoms with Crippen molar-refractivity contribution >= 4 is 23.5 Å². The first-order chi connectivity index (χ1) is 13.3. The third kappa shape index (κ3) is 3.68. The molecule has 0 saturated carbocycles. The van der Waals surface area contributed by atoms with E-state index in [0.717, 1.165) is 10.6 Å². The maximum atomic E-state index is 12.1. The molecule has 0 fully saturated rings. The quantitative estimate of drug-likeness (QED) is 0.347. The van der Waals surface area contributed by atoms with Crippen molar-refractivity contribution < 1.29 is 24.0 Å². The van der Waals surface area contributed by atoms with Crippen molar-refractivity contribution in [1.29, 1.82) is 0 Å². The van der Waals surface area contributed by atoms with Crippen LogP contribution in [-0.2, 0) is 14.3 Å². The van der Waals surface area contributed by atoms with Crippen LogP contribution in [-0.4, -0.2) is 27.7 Å². The molecule has 3 rings (SSSR count). The van der Waals surface area contributed by atoms with Crippen LogP contribution in [0.4, 0.5) is 5.69 Å². The van der Waals surface area contributed by atoms with Gasteiger partial charge >= 0.3 is 5.97 Å². The summed E-state index contributed by atoms with van der Waals surface area (Å²) >= 11 is 0. The maximum absolute atomic E-state index is 12.1. The number of nitro groups is 1. The Kier molecular flexibility index (Phi) is 5.08. The minimum atomic E-state index is -1.11. The SMILES string of the molecule is CC(=O)Oc1ccc([N+](=O)[O-])cc1C1OC(c2ccccc2C)=NN1C(C)=O. The van der Waals surface area contributed by atoms with Crippen LogP contribution in [0.2, 0.25) is 0 Å². The number of hydrogen-bond donors (Lipinski definition) is 0. The second-order valence-corrected chi connectivity index (χ2v) is 6.13. The van der Waals surface area contributed by atoms with Crippen LogP contribution in [0.25, 0.3) is 0 Å². The van der Waals surface area contributed by atoms with Crippen LogP contribution in [0.3, 0.4) is 0 Å². The highest BCUT2D eigenvalue weighted by Gasteiger charge is 2.36. The third-order valence-electron chi connectivity index (χ3n) is 4.07. The first-order valence-corrected chi connectivity index (χ1v) is 8.35. The average Bonchev–Trinajstić information content (AvgIpc) is 3.07. The number of esters is 1. The van der Waals surface area contributed by atoms with Gasteiger partial charge in [-0.3, -0.25) is 19.7 Å². The molecule has 144 valence electrons. The Morgan fingerprint density at radius 3 is 2.54 bits per heavy atom. The number of hydrogen-bond acceptors (Lipinski definition) is 7. The largest absolute Gasteiger partial charge is 0.446 e. The number of ether oxygens (including phenoxy) is 2. The second-order valence-electron chi connectivity index (χ2n) is 6.13. The van der Waals surface area contributed by atoms with Gasteiger partial charge in [-0.15, -0.1) is 5.10 Å². The molecule has 1 aliphatic rings. The molecule has 28 heavy (non-hydrogen) atoms. The zero-order valence-corrected chi connectivity index (χ0v) is 15.4. The zero-order valence-electron chi connectivity index (χ0n) is 15.4. The smallest absolute Gasteiger partial charge is 0.308 e. The Balaban J connectivity index is 2.08. The minimum Gasteiger partial charge on any atom is -0.446 e. The highest BCUT2D eigenvalue weighted by molar-refractivity contribution is 5.97. The maximum Gasteiger partial charge on any atom is 0.308 e. The summed E-state index contributed by atoms with van der Waals surface area (Å²) in [5.74, 6) is -0.800. The number of nitro benzene ring substituents is 1. The van der Waals surface area contributed by atoms with Crippen molar-refractivity contribution in [3.63, 3.8) is 0 Å². The number of nitrogens with zero attached hydrogens (tertiary/aromatic N) is 3. The normalized spacial score (nSPS) is 15.6. The number of benzene rings is 2. The summed E-state index contributed by atoms with van der Waals surface area (Å²) in [6.45, 7) is 4.37. The molecule has 0 aliphatic carbocycles. The number of hydrazone groups is 1. The summed E-state index contributed by atoms with van der Waals surface area (Å²) in [4.78, 5) is 34.2. The van der Waals surface area contributed by atoms with Crippen LogP contribution in [0, 0.1) is 17.0 Å². The summed E-state index contributed by atoms with van der Waals surface area (Å²) in [5.41, 5.74) is 1.47. The van der Waals surface area contributed by atoms with Crippen molar-refractivity contribution in [2.45, 2.75) is 27.0 Å². The first-order valence-electron chi connectivity index (χ1n) is 8.35. The van der Waals surface area contributed by atoms with Crippen molar-refractivity contribution in [3.05, 3.63) is 69.3 Å². The van der Waals surface area contributed by atoms with Gasteiger partial charge in [0, 0.05) is 31.5 Å². The van der Waals surface area contributed by atoms with E-state index in [2.05, 4.69) is 5.10 Å². The number of amides is 1. The summed E-state index contributed by atoms with van der Waals surface area (Å²) < 4.78 is 11.0. The monoisotopic (exact) mass is 383 g/mol. The van der Waals surface area contributed by atoms with Crippen molar-refractivity contribution in [2.75, 3.05) is 0 Å². The summed E-state index contributed by atoms with van der Waals surface area (Å²) in [6.07, 6.45) is -1.11. The van der Waals surface area contributed by atoms with E-state index < -0.39 is 23.0 Å². The molecule has 2 aromatic carbocycles. The third-order valence-corrected chi connectivity index (χ3v) is 4.07. The molecule has 0 saturated heterocycles. The lowest BCUT2D eigenvalue weighted by Crippen LogP contribution is -2.26. The van der Waals surface area contributed by atoms with Crippen molar-refractivity contribution in [2.24, 2.45) is 5.10 Å². The van der Waals surface area contributed by atoms with Gasteiger partial charge in [-0.1, -0.05) is 18.2 Å². The summed E-state index contributed by atoms with van der Waals surface area (Å²) in [6, 6.07) is 11.0. The molecule has 0 N–H and O–H groups in total. The molecule has 1 aliphatic heterocycles. The van der Waals surface area contributed by atoms with Gasteiger partial charge in [-0.05, 0) is 24.6 Å². The molecular weight excluding hydrogens is 366 g/mol. The molecule has 0 aromatic heterocycles. The van der Waals surface area contributed by atoms with Crippen LogP contribution in [0.15, 0.2) is 47.6 Å². The number of aryl methyl sites for hydroxylation is 1. The van der Waals surface area contributed by atoms with Gasteiger partial charge in [0.05, 0.1) is 10.5 Å². The zero-order chi connectivity index (χ0) is 20.4. The molecule has 0 spiro atoms. The number of carbonyl (C=O) groups excluding carboxylic acids is 2. The highest BCUT2D eigenvalue weighted by atomic mass is 16.6. The molecule has 0 radical (unpaired) electrons. The number of non-ortho nitro benzene ring substituents is 1. The standard InChI is InChI=1S/C19H17N3O6/c1-11-6-4-5-7-15(11)18-20-21(12(2)23)19(28-18)16-10-14(22(25)26)8-9-17(16)27-13(3)24/h4-10,19H,1-3H3. The minimum absolute atomic E-state index is 0.0515. The van der Waals surface area contributed by atoms with Crippen LogP contribution >= 0.6 is 0 Å². The fraction of sp³-hybridized carbons (Fsp3) is 0.211. The average molecular weight is 383 g/mol. The Hall–Kier alpha value is -3.75. The van der Waals surface area contributed by atoms with Gasteiger partial charge in [0.2, 0.25) is 18.0 Å². The van der Waals surface area contributed by atoms with E-state index in [1.54, 1.807) is 12.1 Å². The van der Waals surface area contributed by atoms with E-state index in [0.29, 0.717) is 5.56 Å². The van der Waals surface area contributed by atoms with Gasteiger partial charge in [0.25, 0.3) is 5.69 Å². The van der Waals surface area contributed by atoms with Crippen molar-refractivity contribution in [1.82, 2.24) is 5.01 Å². The van der Waals surface area contributed by atoms with Gasteiger partial charge in [0.1, 0.15) is 5.75 Å². The molecular formula is C19H17N3O6. The molecule has 9 heteroatoms. The van der Waals surface area contributed by atoms with Crippen LogP contribution in [0.5, 0.6) is 5.75 Å². The Morgan fingerprint density at radius 2 is 1.93 bits per heavy atom. The summed E-state index contributed by atoms with van der Waals surface area (Å²) in [5, 5.41) is 16.5. The lowest BCUT2D eigenvalue weighted by Gasteiger charge is -2.21. The number of carbonyl (C=O) groups is 2. The topological polar surface area (TPSA) is 111 Å². The molecule has 2 aromatic rings. The molecule has 1 heterocycles. The van der Waals surface area contributed by atoms with E-state index >= 15 is 0 Å². The fourth-order valence-corrected chi connectivity index (χ4v) is 2.78. The Bertz CT molecular complexity index is 1000. The van der Waals surface area contributed by atoms with E-state index in [1.165, 1.54) is 32.0 Å². The van der Waals surface area contributed by atoms with E-state index in [9.17, 15) is 19.7 Å². The van der Waals surface area contributed by atoms with Gasteiger partial charge in [-0.25, -0.2) is 0 Å². The van der Waals surface area contributed by atoms with E-state index in [-0.39, 0.29) is 22.9 Å². The predicted molar refractivity (Wildman–Crippen MR) is 98.5 cm³/mol. The van der Waals surface area contributed by atoms with Crippen LogP contribution < -0.4 is 4.74 Å². The Morgan fingerprint density at radius 1 is 1.21 bits per heavy atom. The fourth-order valence-electron chi connectivity index (χ4n) is 2.78. The van der Waals surface area contributed by atoms with Gasteiger partial charge < -0.3 is 9.47 Å². The summed E-state index contributed by atoms with van der Waals surface area (Å²) in [7, 11) is 0. The van der Waals surface area contributed by atoms with Gasteiger partial charge in [0.15, 0.2) is 0 Å². The lowest BCUT2D eigenvalue weighted by atomic mass is 10.1. The Labute approximate surface area is 160 Å². The molecule has 9 nitrogen and oxygen atoms in total. The van der Waals surface area contributed by atoms with E-state index in [4.69, 9.17) is 9.47 Å². The van der Waals surface area contributed by atoms with Crippen LogP contribution in [0.1, 0.15) is 36.8 Å². The lowest BCUT2D eigenvalue weighted by molar-refractivity contribution is -0.385. The predicted octanol–water partition coefficient (Wildman–Crippen LogP) is 3.07. The first kappa shape index (κ1) is 19.0. The molecule has 1 unspecified atom stereocenters. The highest BCUT2D eigenvalue weighted by Crippen LogP contribution is 2.38. The molecule has 0 bridgehead atoms.